The third-order valence-corrected chi connectivity index (χ3v) is 7.22. The minimum atomic E-state index is -1.45. The molecule has 3 rings (SSSR count). The summed E-state index contributed by atoms with van der Waals surface area (Å²) in [5, 5.41) is 2.48. The van der Waals surface area contributed by atoms with Crippen LogP contribution < -0.4 is 14.8 Å². The molecule has 12 nitrogen and oxygen atoms in total. The molecule has 1 aliphatic heterocycles. The molecule has 1 aromatic carbocycles. The Morgan fingerprint density at radius 3 is 2.44 bits per heavy atom. The maximum atomic E-state index is 13.4. The molecule has 4 atom stereocenters. The highest BCUT2D eigenvalue weighted by Gasteiger charge is 2.42. The lowest BCUT2D eigenvalue weighted by Gasteiger charge is -2.29. The van der Waals surface area contributed by atoms with Gasteiger partial charge in [-0.2, -0.15) is 0 Å². The number of aromatic nitrogens is 1. The van der Waals surface area contributed by atoms with E-state index in [1.165, 1.54) is 26.3 Å². The van der Waals surface area contributed by atoms with Gasteiger partial charge in [0.15, 0.2) is 23.6 Å². The van der Waals surface area contributed by atoms with Crippen LogP contribution in [0.1, 0.15) is 75.9 Å². The summed E-state index contributed by atoms with van der Waals surface area (Å²) in [6.45, 7) is 6.29. The van der Waals surface area contributed by atoms with Crippen LogP contribution in [0.4, 0.5) is 0 Å². The summed E-state index contributed by atoms with van der Waals surface area (Å²) in [5.41, 5.74) is 0.471. The van der Waals surface area contributed by atoms with Crippen molar-refractivity contribution in [3.63, 3.8) is 0 Å². The molecule has 45 heavy (non-hydrogen) atoms. The number of nitrogens with zero attached hydrogens (tertiary/aromatic N) is 1. The summed E-state index contributed by atoms with van der Waals surface area (Å²) in [6.07, 6.45) is 2.80. The number of hydrogen-bond donors (Lipinski definition) is 1. The van der Waals surface area contributed by atoms with Crippen molar-refractivity contribution in [1.82, 2.24) is 10.3 Å². The summed E-state index contributed by atoms with van der Waals surface area (Å²) in [6, 6.07) is 9.06. The monoisotopic (exact) mass is 626 g/mol. The summed E-state index contributed by atoms with van der Waals surface area (Å²) in [4.78, 5) is 69.4. The van der Waals surface area contributed by atoms with Gasteiger partial charge in [-0.15, -0.1) is 0 Å². The van der Waals surface area contributed by atoms with Gasteiger partial charge in [-0.25, -0.2) is 9.78 Å². The summed E-state index contributed by atoms with van der Waals surface area (Å²) >= 11 is 0. The van der Waals surface area contributed by atoms with Crippen LogP contribution in [0.5, 0.6) is 11.5 Å². The second kappa shape index (κ2) is 17.1. The van der Waals surface area contributed by atoms with E-state index < -0.39 is 66.5 Å². The molecule has 1 unspecified atom stereocenters. The lowest BCUT2D eigenvalue weighted by Crippen LogP contribution is -2.47. The van der Waals surface area contributed by atoms with E-state index in [4.69, 9.17) is 23.7 Å². The van der Waals surface area contributed by atoms with E-state index in [-0.39, 0.29) is 30.0 Å². The first-order chi connectivity index (χ1) is 21.5. The van der Waals surface area contributed by atoms with Gasteiger partial charge in [0.25, 0.3) is 5.91 Å². The normalized spacial score (nSPS) is 20.1. The zero-order chi connectivity index (χ0) is 32.9. The zero-order valence-corrected chi connectivity index (χ0v) is 26.4. The van der Waals surface area contributed by atoms with E-state index >= 15 is 0 Å². The molecule has 0 radical (unpaired) electrons. The van der Waals surface area contributed by atoms with E-state index in [0.29, 0.717) is 6.42 Å². The van der Waals surface area contributed by atoms with Crippen LogP contribution in [-0.4, -0.2) is 66.7 Å². The number of ether oxygens (including phenoxy) is 5. The lowest BCUT2D eigenvalue weighted by atomic mass is 9.91. The van der Waals surface area contributed by atoms with Crippen LogP contribution >= 0.6 is 0 Å². The third-order valence-electron chi connectivity index (χ3n) is 7.22. The van der Waals surface area contributed by atoms with Gasteiger partial charge in [0.2, 0.25) is 5.75 Å². The van der Waals surface area contributed by atoms with Crippen molar-refractivity contribution in [2.24, 2.45) is 11.8 Å². The maximum absolute atomic E-state index is 13.4. The highest BCUT2D eigenvalue weighted by molar-refractivity contribution is 5.99. The molecule has 1 N–H and O–H groups in total. The number of rotatable bonds is 13. The van der Waals surface area contributed by atoms with Crippen molar-refractivity contribution in [3.8, 4) is 11.5 Å². The molecule has 0 saturated carbocycles. The van der Waals surface area contributed by atoms with Crippen molar-refractivity contribution >= 4 is 29.8 Å². The van der Waals surface area contributed by atoms with Crippen molar-refractivity contribution in [1.29, 1.82) is 0 Å². The van der Waals surface area contributed by atoms with Crippen molar-refractivity contribution in [3.05, 3.63) is 53.9 Å². The Bertz CT molecular complexity index is 1330. The van der Waals surface area contributed by atoms with E-state index in [9.17, 15) is 24.0 Å². The fourth-order valence-corrected chi connectivity index (χ4v) is 4.69. The van der Waals surface area contributed by atoms with Crippen LogP contribution in [0.2, 0.25) is 0 Å². The fraction of sp³-hybridized carbons (Fsp3) is 0.515. The molecule has 0 bridgehead atoms. The second-order valence-electron chi connectivity index (χ2n) is 11.1. The van der Waals surface area contributed by atoms with E-state index in [1.54, 1.807) is 13.8 Å². The molecule has 244 valence electrons. The van der Waals surface area contributed by atoms with Gasteiger partial charge in [0, 0.05) is 18.7 Å². The Kier molecular flexibility index (Phi) is 13.3. The molecule has 0 aliphatic carbocycles. The molecule has 0 spiro atoms. The number of nitrogens with one attached hydrogen (secondary N) is 1. The Hall–Kier alpha value is -4.48. The highest BCUT2D eigenvalue weighted by Crippen LogP contribution is 2.30. The number of unbranched alkanes of at least 4 members (excludes halogenated alkanes) is 3. The average Bonchev–Trinajstić information content (AvgIpc) is 3.05. The number of pyridine rings is 1. The second-order valence-corrected chi connectivity index (χ2v) is 11.1. The molecule has 1 amide bonds. The first-order valence-electron chi connectivity index (χ1n) is 15.2. The smallest absolute Gasteiger partial charge is 0.332 e. The first-order valence-corrected chi connectivity index (χ1v) is 15.2. The Morgan fingerprint density at radius 2 is 1.78 bits per heavy atom. The predicted molar refractivity (Wildman–Crippen MR) is 161 cm³/mol. The Balaban J connectivity index is 1.84. The van der Waals surface area contributed by atoms with Crippen molar-refractivity contribution < 1.29 is 47.7 Å². The molecule has 1 aromatic heterocycles. The van der Waals surface area contributed by atoms with Crippen LogP contribution in [0, 0.1) is 11.8 Å². The predicted octanol–water partition coefficient (Wildman–Crippen LogP) is 3.98. The Labute approximate surface area is 263 Å². The molecule has 2 heterocycles. The number of methoxy groups -OCH3 is 1. The minimum Gasteiger partial charge on any atom is -0.493 e. The zero-order valence-electron chi connectivity index (χ0n) is 26.4. The van der Waals surface area contributed by atoms with Gasteiger partial charge < -0.3 is 29.0 Å². The topological polar surface area (TPSA) is 156 Å². The number of amides is 1. The van der Waals surface area contributed by atoms with Crippen LogP contribution in [0.15, 0.2) is 42.6 Å². The molecule has 1 aliphatic rings. The van der Waals surface area contributed by atoms with Crippen molar-refractivity contribution in [2.75, 3.05) is 13.7 Å². The number of hydrogen-bond acceptors (Lipinski definition) is 11. The van der Waals surface area contributed by atoms with Gasteiger partial charge in [0.1, 0.15) is 18.6 Å². The SMILES string of the molecule is CCCCCCC(=O)Oc1c(OC)ccnc1C(=O)N[C@H]1COC(=O)[C@H](Cc2ccccc2)C(OC(=O)C(C)C)[C@H](C)OC1=O. The molecular weight excluding hydrogens is 584 g/mol. The summed E-state index contributed by atoms with van der Waals surface area (Å²) in [5.74, 6) is -5.31. The molecular formula is C33H42N2O10. The van der Waals surface area contributed by atoms with Gasteiger partial charge >= 0.3 is 23.9 Å². The fourth-order valence-electron chi connectivity index (χ4n) is 4.69. The molecule has 1 fully saturated rings. The number of carbonyl (C=O) groups excluding carboxylic acids is 5. The largest absolute Gasteiger partial charge is 0.493 e. The quantitative estimate of drug-likeness (QED) is 0.195. The standard InChI is InChI=1S/C33H42N2O10/c1-6-7-8-12-15-26(36)44-29-25(41-5)16-17-34-27(29)30(37)35-24-19-42-32(39)23(18-22-13-10-9-11-14-22)28(21(4)43-33(24)40)45-31(38)20(2)3/h9-11,13-14,16-17,20-21,23-24,28H,6-8,12,15,18-19H2,1-5H3,(H,35,37)/t21-,23+,24-,28?/m0/s1. The molecule has 2 aromatic rings. The van der Waals surface area contributed by atoms with Gasteiger partial charge in [-0.3, -0.25) is 19.2 Å². The number of benzene rings is 1. The van der Waals surface area contributed by atoms with E-state index in [0.717, 1.165) is 24.8 Å². The Morgan fingerprint density at radius 1 is 1.04 bits per heavy atom. The number of carbonyl (C=O) groups is 5. The lowest BCUT2D eigenvalue weighted by molar-refractivity contribution is -0.176. The van der Waals surface area contributed by atoms with Crippen LogP contribution in [-0.2, 0) is 39.8 Å². The number of cyclic esters (lactones) is 2. The highest BCUT2D eigenvalue weighted by atomic mass is 16.6. The molecule has 12 heteroatoms. The van der Waals surface area contributed by atoms with Gasteiger partial charge in [0.05, 0.1) is 13.0 Å². The maximum Gasteiger partial charge on any atom is 0.332 e. The first kappa shape index (κ1) is 35.0. The van der Waals surface area contributed by atoms with E-state index in [2.05, 4.69) is 17.2 Å². The third kappa shape index (κ3) is 10.0. The molecule has 1 saturated heterocycles. The number of esters is 4. The minimum absolute atomic E-state index is 0.0905. The summed E-state index contributed by atoms with van der Waals surface area (Å²) < 4.78 is 27.6. The van der Waals surface area contributed by atoms with Crippen LogP contribution in [0.3, 0.4) is 0 Å². The van der Waals surface area contributed by atoms with Crippen molar-refractivity contribution in [2.45, 2.75) is 84.5 Å². The van der Waals surface area contributed by atoms with Gasteiger partial charge in [-0.1, -0.05) is 70.4 Å². The van der Waals surface area contributed by atoms with Crippen LogP contribution in [0.25, 0.3) is 0 Å². The van der Waals surface area contributed by atoms with E-state index in [1.807, 2.05) is 30.3 Å². The average molecular weight is 627 g/mol. The summed E-state index contributed by atoms with van der Waals surface area (Å²) in [7, 11) is 1.35. The van der Waals surface area contributed by atoms with Gasteiger partial charge in [-0.05, 0) is 25.3 Å².